The lowest BCUT2D eigenvalue weighted by Crippen LogP contribution is -2.33. The van der Waals surface area contributed by atoms with Crippen molar-refractivity contribution < 1.29 is 14.3 Å². The van der Waals surface area contributed by atoms with Gasteiger partial charge in [-0.2, -0.15) is 0 Å². The molecular weight excluding hydrogens is 246 g/mol. The average molecular weight is 261 g/mol. The molecule has 0 spiro atoms. The van der Waals surface area contributed by atoms with Crippen LogP contribution in [0.3, 0.4) is 0 Å². The van der Waals surface area contributed by atoms with Gasteiger partial charge in [0.2, 0.25) is 5.82 Å². The zero-order chi connectivity index (χ0) is 14.0. The zero-order valence-electron chi connectivity index (χ0n) is 11.0. The van der Waals surface area contributed by atoms with Crippen molar-refractivity contribution in [2.24, 2.45) is 0 Å². The predicted molar refractivity (Wildman–Crippen MR) is 70.1 cm³/mol. The highest BCUT2D eigenvalue weighted by Gasteiger charge is 2.22. The maximum absolute atomic E-state index is 12.1. The number of nitrogens with one attached hydrogen (secondary N) is 1. The third-order valence-electron chi connectivity index (χ3n) is 2.54. The number of rotatable bonds is 2. The molecule has 19 heavy (non-hydrogen) atoms. The molecule has 100 valence electrons. The van der Waals surface area contributed by atoms with E-state index in [2.05, 4.69) is 10.3 Å². The summed E-state index contributed by atoms with van der Waals surface area (Å²) in [6.07, 6.45) is -0.636. The van der Waals surface area contributed by atoms with Crippen LogP contribution in [0.25, 0.3) is 11.0 Å². The Morgan fingerprint density at radius 3 is 2.63 bits per heavy atom. The lowest BCUT2D eigenvalue weighted by molar-refractivity contribution is 0.0925. The number of hydrogen-bond acceptors (Lipinski definition) is 4. The molecule has 0 aliphatic rings. The summed E-state index contributed by atoms with van der Waals surface area (Å²) >= 11 is 0. The number of carbonyl (C=O) groups is 2. The standard InChI is InChI=1S/C13H15N3O3/c1-8(2)14-12(17)11-15-9-6-4-5-7-10(9)16(11)13(18)19-3/h4-8H,1-3H3,(H,14,17). The number of ether oxygens (including phenoxy) is 1. The number of aromatic nitrogens is 2. The fourth-order valence-electron chi connectivity index (χ4n) is 1.78. The zero-order valence-corrected chi connectivity index (χ0v) is 11.0. The molecule has 2 aromatic rings. The van der Waals surface area contributed by atoms with Crippen molar-refractivity contribution in [1.82, 2.24) is 14.9 Å². The van der Waals surface area contributed by atoms with E-state index >= 15 is 0 Å². The minimum absolute atomic E-state index is 0.0294. The molecule has 6 nitrogen and oxygen atoms in total. The SMILES string of the molecule is COC(=O)n1c(C(=O)NC(C)C)nc2ccccc21. The Morgan fingerprint density at radius 2 is 2.00 bits per heavy atom. The molecule has 2 rings (SSSR count). The first-order valence-corrected chi connectivity index (χ1v) is 5.91. The van der Waals surface area contributed by atoms with E-state index in [1.54, 1.807) is 24.3 Å². The van der Waals surface area contributed by atoms with Gasteiger partial charge in [0.15, 0.2) is 0 Å². The van der Waals surface area contributed by atoms with Crippen LogP contribution in [0, 0.1) is 0 Å². The third kappa shape index (κ3) is 2.42. The first-order chi connectivity index (χ1) is 9.04. The maximum Gasteiger partial charge on any atom is 0.420 e. The Morgan fingerprint density at radius 1 is 1.32 bits per heavy atom. The van der Waals surface area contributed by atoms with Crippen molar-refractivity contribution in [2.45, 2.75) is 19.9 Å². The topological polar surface area (TPSA) is 73.2 Å². The van der Waals surface area contributed by atoms with Gasteiger partial charge in [-0.1, -0.05) is 12.1 Å². The molecule has 0 unspecified atom stereocenters. The van der Waals surface area contributed by atoms with Crippen molar-refractivity contribution in [3.63, 3.8) is 0 Å². The van der Waals surface area contributed by atoms with E-state index in [-0.39, 0.29) is 11.9 Å². The molecule has 0 radical (unpaired) electrons. The molecule has 0 atom stereocenters. The summed E-state index contributed by atoms with van der Waals surface area (Å²) in [6, 6.07) is 6.97. The van der Waals surface area contributed by atoms with E-state index in [1.165, 1.54) is 11.7 Å². The highest BCUT2D eigenvalue weighted by Crippen LogP contribution is 2.16. The minimum Gasteiger partial charge on any atom is -0.452 e. The molecule has 0 fully saturated rings. The van der Waals surface area contributed by atoms with Crippen LogP contribution in [0.2, 0.25) is 0 Å². The molecule has 1 amide bonds. The largest absolute Gasteiger partial charge is 0.452 e. The predicted octanol–water partition coefficient (Wildman–Crippen LogP) is 1.79. The van der Waals surface area contributed by atoms with Gasteiger partial charge < -0.3 is 10.1 Å². The van der Waals surface area contributed by atoms with E-state index in [0.29, 0.717) is 11.0 Å². The van der Waals surface area contributed by atoms with Crippen LogP contribution in [0.15, 0.2) is 24.3 Å². The quantitative estimate of drug-likeness (QED) is 0.894. The summed E-state index contributed by atoms with van der Waals surface area (Å²) in [6.45, 7) is 3.67. The van der Waals surface area contributed by atoms with Crippen LogP contribution < -0.4 is 5.32 Å². The number of para-hydroxylation sites is 2. The van der Waals surface area contributed by atoms with Gasteiger partial charge in [0.05, 0.1) is 18.1 Å². The molecule has 6 heteroatoms. The molecular formula is C13H15N3O3. The van der Waals surface area contributed by atoms with Crippen LogP contribution in [0.1, 0.15) is 24.5 Å². The summed E-state index contributed by atoms with van der Waals surface area (Å²) in [5.74, 6) is -0.377. The first kappa shape index (κ1) is 13.1. The molecule has 0 saturated heterocycles. The fraction of sp³-hybridized carbons (Fsp3) is 0.308. The number of methoxy groups -OCH3 is 1. The number of fused-ring (bicyclic) bond motifs is 1. The van der Waals surface area contributed by atoms with Crippen LogP contribution >= 0.6 is 0 Å². The monoisotopic (exact) mass is 261 g/mol. The van der Waals surface area contributed by atoms with Gasteiger partial charge in [-0.25, -0.2) is 14.3 Å². The van der Waals surface area contributed by atoms with Gasteiger partial charge in [0, 0.05) is 6.04 Å². The van der Waals surface area contributed by atoms with Crippen LogP contribution in [-0.4, -0.2) is 34.7 Å². The summed E-state index contributed by atoms with van der Waals surface area (Å²) in [7, 11) is 1.27. The Labute approximate surface area is 110 Å². The van der Waals surface area contributed by atoms with E-state index in [0.717, 1.165) is 0 Å². The molecule has 1 N–H and O–H groups in total. The molecule has 1 heterocycles. The summed E-state index contributed by atoms with van der Waals surface area (Å²) in [5, 5.41) is 2.71. The second kappa shape index (κ2) is 5.09. The highest BCUT2D eigenvalue weighted by atomic mass is 16.5. The molecule has 0 aliphatic heterocycles. The minimum atomic E-state index is -0.636. The van der Waals surface area contributed by atoms with Crippen molar-refractivity contribution in [1.29, 1.82) is 0 Å². The van der Waals surface area contributed by atoms with Crippen LogP contribution in [-0.2, 0) is 4.74 Å². The molecule has 0 saturated carbocycles. The first-order valence-electron chi connectivity index (χ1n) is 5.91. The molecule has 0 aliphatic carbocycles. The van der Waals surface area contributed by atoms with Crippen molar-refractivity contribution in [2.75, 3.05) is 7.11 Å². The second-order valence-electron chi connectivity index (χ2n) is 4.36. The number of amides is 1. The number of nitrogens with zero attached hydrogens (tertiary/aromatic N) is 2. The Bertz CT molecular complexity index is 631. The van der Waals surface area contributed by atoms with Gasteiger partial charge >= 0.3 is 6.09 Å². The Hall–Kier alpha value is -2.37. The summed E-state index contributed by atoms with van der Waals surface area (Å²) < 4.78 is 5.88. The van der Waals surface area contributed by atoms with Crippen LogP contribution in [0.4, 0.5) is 4.79 Å². The van der Waals surface area contributed by atoms with Crippen molar-refractivity contribution >= 4 is 23.0 Å². The lowest BCUT2D eigenvalue weighted by atomic mass is 10.3. The Balaban J connectivity index is 2.59. The van der Waals surface area contributed by atoms with Crippen LogP contribution in [0.5, 0.6) is 0 Å². The normalized spacial score (nSPS) is 10.7. The van der Waals surface area contributed by atoms with E-state index in [1.807, 2.05) is 13.8 Å². The third-order valence-corrected chi connectivity index (χ3v) is 2.54. The fourth-order valence-corrected chi connectivity index (χ4v) is 1.78. The highest BCUT2D eigenvalue weighted by molar-refractivity contribution is 6.00. The van der Waals surface area contributed by atoms with E-state index < -0.39 is 12.0 Å². The molecule has 0 bridgehead atoms. The van der Waals surface area contributed by atoms with Crippen molar-refractivity contribution in [3.8, 4) is 0 Å². The van der Waals surface area contributed by atoms with Gasteiger partial charge in [-0.05, 0) is 26.0 Å². The maximum atomic E-state index is 12.1. The second-order valence-corrected chi connectivity index (χ2v) is 4.36. The van der Waals surface area contributed by atoms with Gasteiger partial charge in [-0.15, -0.1) is 0 Å². The lowest BCUT2D eigenvalue weighted by Gasteiger charge is -2.09. The smallest absolute Gasteiger partial charge is 0.420 e. The number of imidazole rings is 1. The Kier molecular flexibility index (Phi) is 3.50. The van der Waals surface area contributed by atoms with Gasteiger partial charge in [0.1, 0.15) is 0 Å². The number of carbonyl (C=O) groups excluding carboxylic acids is 2. The number of hydrogen-bond donors (Lipinski definition) is 1. The van der Waals surface area contributed by atoms with E-state index in [9.17, 15) is 9.59 Å². The molecule has 1 aromatic carbocycles. The van der Waals surface area contributed by atoms with Gasteiger partial charge in [-0.3, -0.25) is 4.79 Å². The summed E-state index contributed by atoms with van der Waals surface area (Å²) in [5.41, 5.74) is 1.12. The van der Waals surface area contributed by atoms with Crippen molar-refractivity contribution in [3.05, 3.63) is 30.1 Å². The molecule has 1 aromatic heterocycles. The summed E-state index contributed by atoms with van der Waals surface area (Å²) in [4.78, 5) is 28.1. The average Bonchev–Trinajstić information content (AvgIpc) is 2.76. The number of benzene rings is 1. The van der Waals surface area contributed by atoms with E-state index in [4.69, 9.17) is 4.74 Å². The van der Waals surface area contributed by atoms with Gasteiger partial charge in [0.25, 0.3) is 5.91 Å².